The van der Waals surface area contributed by atoms with Crippen LogP contribution in [0.5, 0.6) is 0 Å². The molecule has 1 N–H and O–H groups in total. The van der Waals surface area contributed by atoms with E-state index in [0.29, 0.717) is 18.5 Å². The number of hydrogen-bond donors (Lipinski definition) is 1. The average molecular weight is 275 g/mol. The maximum Gasteiger partial charge on any atom is 0.178 e. The second-order valence-electron chi connectivity index (χ2n) is 4.42. The normalized spacial score (nSPS) is 21.6. The summed E-state index contributed by atoms with van der Waals surface area (Å²) in [6.45, 7) is 2.70. The highest BCUT2D eigenvalue weighted by molar-refractivity contribution is 7.91. The van der Waals surface area contributed by atoms with Gasteiger partial charge >= 0.3 is 0 Å². The molecule has 0 bridgehead atoms. The number of fused-ring (bicyclic) bond motifs is 1. The Bertz CT molecular complexity index is 557. The number of hydrogen-bond acceptors (Lipinski definition) is 3. The van der Waals surface area contributed by atoms with E-state index < -0.39 is 21.5 Å². The van der Waals surface area contributed by atoms with Crippen molar-refractivity contribution in [2.45, 2.75) is 30.7 Å². The van der Waals surface area contributed by atoms with Crippen molar-refractivity contribution < 1.29 is 17.2 Å². The molecule has 0 amide bonds. The highest BCUT2D eigenvalue weighted by Crippen LogP contribution is 2.33. The first-order valence-electron chi connectivity index (χ1n) is 5.91. The van der Waals surface area contributed by atoms with Gasteiger partial charge in [0.15, 0.2) is 21.5 Å². The minimum Gasteiger partial charge on any atom is -0.310 e. The Kier molecular flexibility index (Phi) is 3.68. The van der Waals surface area contributed by atoms with Gasteiger partial charge in [0.2, 0.25) is 0 Å². The fourth-order valence-corrected chi connectivity index (χ4v) is 3.76. The Morgan fingerprint density at radius 1 is 1.33 bits per heavy atom. The number of halogens is 2. The van der Waals surface area contributed by atoms with Gasteiger partial charge in [-0.2, -0.15) is 0 Å². The molecule has 2 rings (SSSR count). The molecular formula is C12H15F2NO2S. The largest absolute Gasteiger partial charge is 0.310 e. The molecule has 1 aromatic carbocycles. The third-order valence-corrected chi connectivity index (χ3v) is 4.88. The monoisotopic (exact) mass is 275 g/mol. The van der Waals surface area contributed by atoms with Crippen LogP contribution >= 0.6 is 0 Å². The molecule has 0 radical (unpaired) electrons. The first-order valence-corrected chi connectivity index (χ1v) is 7.56. The Morgan fingerprint density at radius 2 is 2.00 bits per heavy atom. The summed E-state index contributed by atoms with van der Waals surface area (Å²) in [5.74, 6) is -2.16. The lowest BCUT2D eigenvalue weighted by Crippen LogP contribution is -2.30. The summed E-state index contributed by atoms with van der Waals surface area (Å²) < 4.78 is 50.1. The average Bonchev–Trinajstić information content (AvgIpc) is 2.31. The third-order valence-electron chi connectivity index (χ3n) is 3.08. The van der Waals surface area contributed by atoms with Gasteiger partial charge in [0.05, 0.1) is 10.6 Å². The molecule has 1 aliphatic heterocycles. The topological polar surface area (TPSA) is 46.2 Å². The Morgan fingerprint density at radius 3 is 2.67 bits per heavy atom. The molecule has 6 heteroatoms. The molecule has 0 saturated heterocycles. The van der Waals surface area contributed by atoms with E-state index in [-0.39, 0.29) is 16.7 Å². The first-order chi connectivity index (χ1) is 8.45. The maximum atomic E-state index is 13.3. The molecule has 100 valence electrons. The zero-order valence-corrected chi connectivity index (χ0v) is 10.9. The van der Waals surface area contributed by atoms with Crippen molar-refractivity contribution in [1.29, 1.82) is 0 Å². The number of benzene rings is 1. The molecule has 1 aromatic rings. The molecule has 0 aromatic heterocycles. The minimum absolute atomic E-state index is 0.0353. The highest BCUT2D eigenvalue weighted by Gasteiger charge is 2.31. The van der Waals surface area contributed by atoms with Gasteiger partial charge in [-0.15, -0.1) is 0 Å². The highest BCUT2D eigenvalue weighted by atomic mass is 32.2. The van der Waals surface area contributed by atoms with Gasteiger partial charge in [0.25, 0.3) is 0 Å². The van der Waals surface area contributed by atoms with Crippen molar-refractivity contribution in [3.05, 3.63) is 29.3 Å². The molecule has 0 saturated carbocycles. The zero-order chi connectivity index (χ0) is 13.3. The van der Waals surface area contributed by atoms with Crippen LogP contribution in [0, 0.1) is 11.6 Å². The van der Waals surface area contributed by atoms with E-state index in [0.717, 1.165) is 18.6 Å². The number of sulfone groups is 1. The van der Waals surface area contributed by atoms with Crippen LogP contribution in [-0.2, 0) is 9.84 Å². The lowest BCUT2D eigenvalue weighted by atomic mass is 10.0. The second-order valence-corrected chi connectivity index (χ2v) is 6.50. The van der Waals surface area contributed by atoms with Crippen LogP contribution in [0.2, 0.25) is 0 Å². The molecule has 3 nitrogen and oxygen atoms in total. The van der Waals surface area contributed by atoms with Crippen LogP contribution in [0.4, 0.5) is 8.78 Å². The summed E-state index contributed by atoms with van der Waals surface area (Å²) in [5.41, 5.74) is 0.341. The quantitative estimate of drug-likeness (QED) is 0.860. The Balaban J connectivity index is 2.49. The smallest absolute Gasteiger partial charge is 0.178 e. The molecule has 0 spiro atoms. The van der Waals surface area contributed by atoms with Crippen molar-refractivity contribution in [3.63, 3.8) is 0 Å². The summed E-state index contributed by atoms with van der Waals surface area (Å²) in [6, 6.07) is 1.56. The first kappa shape index (κ1) is 13.4. The predicted octanol–water partition coefficient (Wildman–Crippen LogP) is 2.18. The molecule has 1 aliphatic rings. The standard InChI is InChI=1S/C12H15F2NO2S/c1-2-4-15-11-3-5-18(16,17)12-7-10(14)9(13)6-8(11)12/h6-7,11,15H,2-5H2,1H3. The summed E-state index contributed by atoms with van der Waals surface area (Å²) in [7, 11) is -3.49. The van der Waals surface area contributed by atoms with Crippen LogP contribution in [0.15, 0.2) is 17.0 Å². The maximum absolute atomic E-state index is 13.3. The van der Waals surface area contributed by atoms with Gasteiger partial charge in [-0.3, -0.25) is 0 Å². The van der Waals surface area contributed by atoms with Crippen molar-refractivity contribution >= 4 is 9.84 Å². The van der Waals surface area contributed by atoms with Gasteiger partial charge in [0, 0.05) is 6.04 Å². The molecule has 0 aliphatic carbocycles. The van der Waals surface area contributed by atoms with E-state index in [4.69, 9.17) is 0 Å². The van der Waals surface area contributed by atoms with E-state index in [2.05, 4.69) is 5.32 Å². The van der Waals surface area contributed by atoms with Crippen molar-refractivity contribution in [1.82, 2.24) is 5.32 Å². The summed E-state index contributed by atoms with van der Waals surface area (Å²) in [5, 5.41) is 3.16. The molecule has 1 heterocycles. The molecule has 1 atom stereocenters. The molecule has 1 unspecified atom stereocenters. The second kappa shape index (κ2) is 4.93. The van der Waals surface area contributed by atoms with E-state index in [1.165, 1.54) is 0 Å². The summed E-state index contributed by atoms with van der Waals surface area (Å²) >= 11 is 0. The molecule has 0 fully saturated rings. The van der Waals surface area contributed by atoms with Crippen LogP contribution in [-0.4, -0.2) is 20.7 Å². The van der Waals surface area contributed by atoms with Gasteiger partial charge < -0.3 is 5.32 Å². The molecular weight excluding hydrogens is 260 g/mol. The fraction of sp³-hybridized carbons (Fsp3) is 0.500. The third kappa shape index (κ3) is 2.40. The van der Waals surface area contributed by atoms with Crippen LogP contribution < -0.4 is 5.32 Å². The molecule has 18 heavy (non-hydrogen) atoms. The number of rotatable bonds is 3. The predicted molar refractivity (Wildman–Crippen MR) is 64.1 cm³/mol. The van der Waals surface area contributed by atoms with Crippen molar-refractivity contribution in [3.8, 4) is 0 Å². The van der Waals surface area contributed by atoms with Gasteiger partial charge in [-0.05, 0) is 37.1 Å². The summed E-state index contributed by atoms with van der Waals surface area (Å²) in [4.78, 5) is -0.0822. The van der Waals surface area contributed by atoms with Crippen LogP contribution in [0.3, 0.4) is 0 Å². The van der Waals surface area contributed by atoms with E-state index in [1.807, 2.05) is 6.92 Å². The van der Waals surface area contributed by atoms with E-state index in [1.54, 1.807) is 0 Å². The van der Waals surface area contributed by atoms with Gasteiger partial charge in [0.1, 0.15) is 0 Å². The van der Waals surface area contributed by atoms with Crippen LogP contribution in [0.1, 0.15) is 31.4 Å². The Hall–Kier alpha value is -1.01. The van der Waals surface area contributed by atoms with Crippen LogP contribution in [0.25, 0.3) is 0 Å². The number of nitrogens with one attached hydrogen (secondary N) is 1. The van der Waals surface area contributed by atoms with E-state index >= 15 is 0 Å². The zero-order valence-electron chi connectivity index (χ0n) is 10.0. The van der Waals surface area contributed by atoms with Crippen molar-refractivity contribution in [2.75, 3.05) is 12.3 Å². The lowest BCUT2D eigenvalue weighted by molar-refractivity contribution is 0.468. The van der Waals surface area contributed by atoms with Gasteiger partial charge in [-0.1, -0.05) is 6.92 Å². The fourth-order valence-electron chi connectivity index (χ4n) is 2.15. The summed E-state index contributed by atoms with van der Waals surface area (Å²) in [6.07, 6.45) is 1.28. The van der Waals surface area contributed by atoms with Gasteiger partial charge in [-0.25, -0.2) is 17.2 Å². The van der Waals surface area contributed by atoms with Crippen molar-refractivity contribution in [2.24, 2.45) is 0 Å². The SMILES string of the molecule is CCCNC1CCS(=O)(=O)c2cc(F)c(F)cc21. The Labute approximate surface area is 105 Å². The van der Waals surface area contributed by atoms with E-state index in [9.17, 15) is 17.2 Å². The lowest BCUT2D eigenvalue weighted by Gasteiger charge is -2.26. The minimum atomic E-state index is -3.49.